The molecule has 0 aliphatic carbocycles. The van der Waals surface area contributed by atoms with Crippen LogP contribution in [0.15, 0.2) is 28.7 Å². The molecule has 2 aromatic rings. The Labute approximate surface area is 113 Å². The van der Waals surface area contributed by atoms with Gasteiger partial charge in [0.05, 0.1) is 0 Å². The zero-order valence-electron chi connectivity index (χ0n) is 9.94. The van der Waals surface area contributed by atoms with E-state index in [1.54, 1.807) is 0 Å². The molecular weight excluding hydrogens is 296 g/mol. The Kier molecular flexibility index (Phi) is 2.92. The van der Waals surface area contributed by atoms with Crippen molar-refractivity contribution in [3.63, 3.8) is 0 Å². The van der Waals surface area contributed by atoms with Gasteiger partial charge in [-0.2, -0.15) is 0 Å². The second-order valence-electron chi connectivity index (χ2n) is 4.29. The molecule has 1 aliphatic heterocycles. The summed E-state index contributed by atoms with van der Waals surface area (Å²) in [5.41, 5.74) is 0.997. The van der Waals surface area contributed by atoms with Crippen LogP contribution in [0.5, 0.6) is 11.5 Å². The summed E-state index contributed by atoms with van der Waals surface area (Å²) in [5.74, 6) is 0.764. The second kappa shape index (κ2) is 4.44. The van der Waals surface area contributed by atoms with E-state index in [4.69, 9.17) is 9.47 Å². The average Bonchev–Trinajstić information content (AvgIpc) is 2.72. The van der Waals surface area contributed by atoms with E-state index >= 15 is 0 Å². The Bertz CT molecular complexity index is 610. The van der Waals surface area contributed by atoms with Crippen molar-refractivity contribution in [1.82, 2.24) is 0 Å². The van der Waals surface area contributed by atoms with E-state index in [9.17, 15) is 5.11 Å². The Balaban J connectivity index is 2.12. The lowest BCUT2D eigenvalue weighted by Gasteiger charge is -2.10. The lowest BCUT2D eigenvalue weighted by molar-refractivity contribution is -0.0609. The van der Waals surface area contributed by atoms with Gasteiger partial charge < -0.3 is 14.6 Å². The molecule has 2 aromatic carbocycles. The molecule has 0 saturated carbocycles. The quantitative estimate of drug-likeness (QED) is 0.921. The first kappa shape index (κ1) is 11.8. The van der Waals surface area contributed by atoms with Gasteiger partial charge in [0, 0.05) is 28.5 Å². The maximum Gasteiger partial charge on any atom is 0.204 e. The fourth-order valence-electron chi connectivity index (χ4n) is 2.31. The minimum Gasteiger partial charge on any atom is -0.504 e. The summed E-state index contributed by atoms with van der Waals surface area (Å²) in [7, 11) is 0. The first-order valence-electron chi connectivity index (χ1n) is 5.91. The molecule has 0 saturated heterocycles. The first-order chi connectivity index (χ1) is 8.69. The minimum absolute atomic E-state index is 0.206. The highest BCUT2D eigenvalue weighted by atomic mass is 79.9. The van der Waals surface area contributed by atoms with Crippen LogP contribution in [0.2, 0.25) is 0 Å². The molecule has 0 aromatic heterocycles. The van der Waals surface area contributed by atoms with E-state index < -0.39 is 0 Å². The summed E-state index contributed by atoms with van der Waals surface area (Å²) in [5, 5.41) is 12.1. The van der Waals surface area contributed by atoms with Gasteiger partial charge in [-0.05, 0) is 36.6 Å². The van der Waals surface area contributed by atoms with Crippen molar-refractivity contribution in [2.75, 3.05) is 6.61 Å². The Hall–Kier alpha value is -1.26. The van der Waals surface area contributed by atoms with Crippen molar-refractivity contribution < 1.29 is 14.6 Å². The average molecular weight is 309 g/mol. The van der Waals surface area contributed by atoms with Gasteiger partial charge in [-0.1, -0.05) is 15.9 Å². The SMILES string of the molecule is CCOC1Cc2cc3cc(Br)ccc3c(O)c2O1. The van der Waals surface area contributed by atoms with Gasteiger partial charge in [-0.3, -0.25) is 0 Å². The van der Waals surface area contributed by atoms with Crippen LogP contribution in [-0.2, 0) is 11.2 Å². The molecule has 4 heteroatoms. The number of benzene rings is 2. The minimum atomic E-state index is -0.281. The molecule has 1 atom stereocenters. The molecule has 0 radical (unpaired) electrons. The number of rotatable bonds is 2. The predicted molar refractivity (Wildman–Crippen MR) is 73.1 cm³/mol. The molecule has 3 rings (SSSR count). The number of ether oxygens (including phenoxy) is 2. The van der Waals surface area contributed by atoms with E-state index in [0.29, 0.717) is 18.8 Å². The standard InChI is InChI=1S/C14H13BrO3/c1-2-17-12-7-9-5-8-6-10(15)3-4-11(8)13(16)14(9)18-12/h3-6,12,16H,2,7H2,1H3. The van der Waals surface area contributed by atoms with Gasteiger partial charge in [0.15, 0.2) is 11.5 Å². The van der Waals surface area contributed by atoms with Crippen molar-refractivity contribution in [2.24, 2.45) is 0 Å². The monoisotopic (exact) mass is 308 g/mol. The van der Waals surface area contributed by atoms with E-state index in [2.05, 4.69) is 15.9 Å². The number of phenolic OH excluding ortho intramolecular Hbond substituents is 1. The van der Waals surface area contributed by atoms with Crippen LogP contribution in [0.4, 0.5) is 0 Å². The Morgan fingerprint density at radius 3 is 3.06 bits per heavy atom. The molecule has 1 heterocycles. The van der Waals surface area contributed by atoms with Crippen molar-refractivity contribution in [3.05, 3.63) is 34.3 Å². The van der Waals surface area contributed by atoms with Crippen LogP contribution in [0, 0.1) is 0 Å². The topological polar surface area (TPSA) is 38.7 Å². The van der Waals surface area contributed by atoms with Crippen LogP contribution in [0.3, 0.4) is 0 Å². The third-order valence-corrected chi connectivity index (χ3v) is 3.59. The van der Waals surface area contributed by atoms with Gasteiger partial charge in [0.1, 0.15) is 0 Å². The molecule has 3 nitrogen and oxygen atoms in total. The van der Waals surface area contributed by atoms with Crippen LogP contribution in [-0.4, -0.2) is 18.0 Å². The number of halogens is 1. The van der Waals surface area contributed by atoms with Gasteiger partial charge in [0.2, 0.25) is 6.29 Å². The third-order valence-electron chi connectivity index (χ3n) is 3.09. The highest BCUT2D eigenvalue weighted by Gasteiger charge is 2.27. The number of phenols is 1. The van der Waals surface area contributed by atoms with Gasteiger partial charge >= 0.3 is 0 Å². The van der Waals surface area contributed by atoms with Gasteiger partial charge in [0.25, 0.3) is 0 Å². The van der Waals surface area contributed by atoms with Crippen LogP contribution in [0.25, 0.3) is 10.8 Å². The number of fused-ring (bicyclic) bond motifs is 2. The Morgan fingerprint density at radius 1 is 1.44 bits per heavy atom. The molecule has 94 valence electrons. The number of hydrogen-bond acceptors (Lipinski definition) is 3. The van der Waals surface area contributed by atoms with Crippen LogP contribution >= 0.6 is 15.9 Å². The van der Waals surface area contributed by atoms with Crippen molar-refractivity contribution in [3.8, 4) is 11.5 Å². The van der Waals surface area contributed by atoms with Crippen LogP contribution in [0.1, 0.15) is 12.5 Å². The lowest BCUT2D eigenvalue weighted by Crippen LogP contribution is -2.16. The maximum absolute atomic E-state index is 10.3. The van der Waals surface area contributed by atoms with Crippen molar-refractivity contribution in [2.45, 2.75) is 19.6 Å². The normalized spacial score (nSPS) is 17.8. The fraction of sp³-hybridized carbons (Fsp3) is 0.286. The summed E-state index contributed by atoms with van der Waals surface area (Å²) in [6.07, 6.45) is 0.398. The number of hydrogen-bond donors (Lipinski definition) is 1. The summed E-state index contributed by atoms with van der Waals surface area (Å²) in [6, 6.07) is 7.83. The predicted octanol–water partition coefficient (Wildman–Crippen LogP) is 3.61. The summed E-state index contributed by atoms with van der Waals surface area (Å²) < 4.78 is 12.1. The highest BCUT2D eigenvalue weighted by Crippen LogP contribution is 2.43. The molecule has 0 fully saturated rings. The molecule has 18 heavy (non-hydrogen) atoms. The van der Waals surface area contributed by atoms with E-state index in [-0.39, 0.29) is 12.0 Å². The van der Waals surface area contributed by atoms with Crippen molar-refractivity contribution in [1.29, 1.82) is 0 Å². The Morgan fingerprint density at radius 2 is 2.28 bits per heavy atom. The van der Waals surface area contributed by atoms with Crippen molar-refractivity contribution >= 4 is 26.7 Å². The molecule has 0 bridgehead atoms. The number of aromatic hydroxyl groups is 1. The van der Waals surface area contributed by atoms with E-state index in [1.165, 1.54) is 0 Å². The highest BCUT2D eigenvalue weighted by molar-refractivity contribution is 9.10. The summed E-state index contributed by atoms with van der Waals surface area (Å²) in [4.78, 5) is 0. The molecule has 0 spiro atoms. The second-order valence-corrected chi connectivity index (χ2v) is 5.20. The first-order valence-corrected chi connectivity index (χ1v) is 6.70. The lowest BCUT2D eigenvalue weighted by atomic mass is 10.0. The largest absolute Gasteiger partial charge is 0.504 e. The van der Waals surface area contributed by atoms with E-state index in [1.807, 2.05) is 31.2 Å². The molecule has 1 N–H and O–H groups in total. The molecule has 1 unspecified atom stereocenters. The third kappa shape index (κ3) is 1.85. The fourth-order valence-corrected chi connectivity index (χ4v) is 2.69. The van der Waals surface area contributed by atoms with Crippen LogP contribution < -0.4 is 4.74 Å². The van der Waals surface area contributed by atoms with Gasteiger partial charge in [-0.25, -0.2) is 0 Å². The molecular formula is C14H13BrO3. The zero-order valence-corrected chi connectivity index (χ0v) is 11.5. The smallest absolute Gasteiger partial charge is 0.204 e. The van der Waals surface area contributed by atoms with E-state index in [0.717, 1.165) is 20.8 Å². The summed E-state index contributed by atoms with van der Waals surface area (Å²) >= 11 is 3.44. The molecule has 0 amide bonds. The molecule has 1 aliphatic rings. The maximum atomic E-state index is 10.3. The summed E-state index contributed by atoms with van der Waals surface area (Å²) in [6.45, 7) is 2.53. The zero-order chi connectivity index (χ0) is 12.7. The van der Waals surface area contributed by atoms with Gasteiger partial charge in [-0.15, -0.1) is 0 Å².